The van der Waals surface area contributed by atoms with E-state index < -0.39 is 0 Å². The van der Waals surface area contributed by atoms with Crippen molar-refractivity contribution >= 4 is 55.8 Å². The first-order valence-corrected chi connectivity index (χ1v) is 11.9. The van der Waals surface area contributed by atoms with Gasteiger partial charge in [0, 0.05) is 11.5 Å². The van der Waals surface area contributed by atoms with Crippen molar-refractivity contribution in [3.8, 4) is 6.07 Å². The molecule has 2 atom stereocenters. The van der Waals surface area contributed by atoms with Crippen molar-refractivity contribution in [2.75, 3.05) is 10.6 Å². The van der Waals surface area contributed by atoms with Crippen LogP contribution in [0.3, 0.4) is 0 Å². The zero-order chi connectivity index (χ0) is 23.8. The second-order valence-corrected chi connectivity index (χ2v) is 9.70. The monoisotopic (exact) mass is 486 g/mol. The number of halogens is 1. The summed E-state index contributed by atoms with van der Waals surface area (Å²) in [5, 5.41) is 15.8. The predicted octanol–water partition coefficient (Wildman–Crippen LogP) is 6.12. The minimum atomic E-state index is -0.266. The fourth-order valence-corrected chi connectivity index (χ4v) is 5.16. The van der Waals surface area contributed by atoms with Gasteiger partial charge in [-0.25, -0.2) is 4.98 Å². The molecule has 1 aromatic heterocycles. The van der Waals surface area contributed by atoms with E-state index in [-0.39, 0.29) is 23.7 Å². The molecule has 0 saturated heterocycles. The van der Waals surface area contributed by atoms with Gasteiger partial charge in [0.1, 0.15) is 0 Å². The Bertz CT molecular complexity index is 1470. The van der Waals surface area contributed by atoms with Crippen molar-refractivity contribution in [3.05, 3.63) is 87.9 Å². The third kappa shape index (κ3) is 4.38. The lowest BCUT2D eigenvalue weighted by Crippen LogP contribution is -2.14. The van der Waals surface area contributed by atoms with Crippen molar-refractivity contribution in [3.63, 3.8) is 0 Å². The Labute approximate surface area is 205 Å². The fourth-order valence-electron chi connectivity index (χ4n) is 3.99. The molecule has 1 aliphatic carbocycles. The molecular weight excluding hydrogens is 468 g/mol. The molecule has 168 valence electrons. The Morgan fingerprint density at radius 2 is 1.94 bits per heavy atom. The van der Waals surface area contributed by atoms with Gasteiger partial charge in [-0.15, -0.1) is 0 Å². The summed E-state index contributed by atoms with van der Waals surface area (Å²) in [5.74, 6) is -0.372. The fraction of sp³-hybridized carbons (Fsp3) is 0.154. The van der Waals surface area contributed by atoms with Crippen LogP contribution >= 0.6 is 22.9 Å². The number of para-hydroxylation sites is 1. The molecule has 0 spiro atoms. The van der Waals surface area contributed by atoms with E-state index in [1.54, 1.807) is 30.3 Å². The van der Waals surface area contributed by atoms with Crippen molar-refractivity contribution < 1.29 is 9.59 Å². The number of nitrogens with one attached hydrogen (secondary N) is 2. The summed E-state index contributed by atoms with van der Waals surface area (Å²) in [6, 6.07) is 20.2. The normalized spacial score (nSPS) is 16.6. The SMILES string of the molecule is Cc1cccc(Cl)c1NC(=O)c1ccc2nc(NC(=O)[C@@H]3C[C@H]3c3cccc(C#N)c3)sc2c1. The molecular formula is C26H19ClN4O2S. The van der Waals surface area contributed by atoms with Gasteiger partial charge in [-0.05, 0) is 66.8 Å². The molecule has 1 fully saturated rings. The summed E-state index contributed by atoms with van der Waals surface area (Å²) in [6.45, 7) is 1.88. The molecule has 2 amide bonds. The first-order chi connectivity index (χ1) is 16.4. The van der Waals surface area contributed by atoms with E-state index in [2.05, 4.69) is 21.7 Å². The van der Waals surface area contributed by atoms with Gasteiger partial charge in [0.15, 0.2) is 5.13 Å². The van der Waals surface area contributed by atoms with Crippen LogP contribution in [0, 0.1) is 24.2 Å². The van der Waals surface area contributed by atoms with Crippen LogP contribution in [0.4, 0.5) is 10.8 Å². The Kier molecular flexibility index (Phi) is 5.78. The van der Waals surface area contributed by atoms with Gasteiger partial charge in [0.25, 0.3) is 5.91 Å². The number of hydrogen-bond acceptors (Lipinski definition) is 5. The molecule has 1 aliphatic rings. The number of aryl methyl sites for hydroxylation is 1. The maximum Gasteiger partial charge on any atom is 0.255 e. The summed E-state index contributed by atoms with van der Waals surface area (Å²) in [4.78, 5) is 30.0. The minimum absolute atomic E-state index is 0.0846. The number of amides is 2. The number of nitriles is 1. The minimum Gasteiger partial charge on any atom is -0.320 e. The maximum absolute atomic E-state index is 12.8. The lowest BCUT2D eigenvalue weighted by molar-refractivity contribution is -0.117. The summed E-state index contributed by atoms with van der Waals surface area (Å²) in [6.07, 6.45) is 0.747. The van der Waals surface area contributed by atoms with Crippen LogP contribution in [0.1, 0.15) is 39.4 Å². The Morgan fingerprint density at radius 3 is 2.74 bits per heavy atom. The smallest absolute Gasteiger partial charge is 0.255 e. The summed E-state index contributed by atoms with van der Waals surface area (Å²) < 4.78 is 0.799. The zero-order valence-corrected chi connectivity index (χ0v) is 19.7. The van der Waals surface area contributed by atoms with Crippen molar-refractivity contribution in [2.45, 2.75) is 19.3 Å². The van der Waals surface area contributed by atoms with Crippen molar-refractivity contribution in [1.29, 1.82) is 5.26 Å². The van der Waals surface area contributed by atoms with E-state index in [0.29, 0.717) is 32.5 Å². The predicted molar refractivity (Wildman–Crippen MR) is 134 cm³/mol. The molecule has 4 aromatic rings. The maximum atomic E-state index is 12.8. The molecule has 8 heteroatoms. The highest BCUT2D eigenvalue weighted by Crippen LogP contribution is 2.48. The molecule has 3 aromatic carbocycles. The average molecular weight is 487 g/mol. The summed E-state index contributed by atoms with van der Waals surface area (Å²) in [7, 11) is 0. The Morgan fingerprint density at radius 1 is 1.12 bits per heavy atom. The molecule has 2 N–H and O–H groups in total. The van der Waals surface area contributed by atoms with E-state index in [1.807, 2.05) is 37.3 Å². The van der Waals surface area contributed by atoms with Crippen LogP contribution in [0.15, 0.2) is 60.7 Å². The molecule has 0 unspecified atom stereocenters. The molecule has 1 saturated carbocycles. The third-order valence-corrected chi connectivity index (χ3v) is 7.16. The molecule has 0 aliphatic heterocycles. The third-order valence-electron chi connectivity index (χ3n) is 5.91. The molecule has 5 rings (SSSR count). The highest BCUT2D eigenvalue weighted by Gasteiger charge is 2.44. The number of fused-ring (bicyclic) bond motifs is 1. The van der Waals surface area contributed by atoms with Crippen LogP contribution < -0.4 is 10.6 Å². The van der Waals surface area contributed by atoms with Crippen LogP contribution in [0.5, 0.6) is 0 Å². The molecule has 34 heavy (non-hydrogen) atoms. The van der Waals surface area contributed by atoms with E-state index >= 15 is 0 Å². The highest BCUT2D eigenvalue weighted by molar-refractivity contribution is 7.22. The lowest BCUT2D eigenvalue weighted by atomic mass is 10.1. The highest BCUT2D eigenvalue weighted by atomic mass is 35.5. The zero-order valence-electron chi connectivity index (χ0n) is 18.1. The van der Waals surface area contributed by atoms with Crippen LogP contribution in [0.2, 0.25) is 5.02 Å². The van der Waals surface area contributed by atoms with Gasteiger partial charge >= 0.3 is 0 Å². The first-order valence-electron chi connectivity index (χ1n) is 10.7. The number of aromatic nitrogens is 1. The number of hydrogen-bond donors (Lipinski definition) is 2. The quantitative estimate of drug-likeness (QED) is 0.355. The van der Waals surface area contributed by atoms with Gasteiger partial charge in [0.05, 0.1) is 32.6 Å². The van der Waals surface area contributed by atoms with Gasteiger partial charge < -0.3 is 10.6 Å². The summed E-state index contributed by atoms with van der Waals surface area (Å²) in [5.41, 5.74) is 4.26. The molecule has 0 bridgehead atoms. The van der Waals surface area contributed by atoms with Crippen LogP contribution in [-0.4, -0.2) is 16.8 Å². The van der Waals surface area contributed by atoms with Crippen LogP contribution in [0.25, 0.3) is 10.2 Å². The first kappa shape index (κ1) is 22.1. The van der Waals surface area contributed by atoms with E-state index in [9.17, 15) is 9.59 Å². The van der Waals surface area contributed by atoms with E-state index in [0.717, 1.165) is 22.2 Å². The van der Waals surface area contributed by atoms with E-state index in [1.165, 1.54) is 11.3 Å². The van der Waals surface area contributed by atoms with E-state index in [4.69, 9.17) is 16.9 Å². The van der Waals surface area contributed by atoms with Gasteiger partial charge in [-0.1, -0.05) is 47.2 Å². The van der Waals surface area contributed by atoms with Crippen LogP contribution in [-0.2, 0) is 4.79 Å². The van der Waals surface area contributed by atoms with Gasteiger partial charge in [0.2, 0.25) is 5.91 Å². The molecule has 6 nitrogen and oxygen atoms in total. The molecule has 0 radical (unpaired) electrons. The average Bonchev–Trinajstić information content (AvgIpc) is 3.54. The Balaban J connectivity index is 1.28. The van der Waals surface area contributed by atoms with Gasteiger partial charge in [-0.2, -0.15) is 5.26 Å². The largest absolute Gasteiger partial charge is 0.320 e. The summed E-state index contributed by atoms with van der Waals surface area (Å²) >= 11 is 7.55. The lowest BCUT2D eigenvalue weighted by Gasteiger charge is -2.10. The number of benzene rings is 3. The standard InChI is InChI=1S/C26H19ClN4O2S/c1-14-4-2-7-20(27)23(14)30-24(32)17-8-9-21-22(11-17)34-26(29-21)31-25(33)19-12-18(19)16-6-3-5-15(10-16)13-28/h2-11,18-19H,12H2,1H3,(H,30,32)(H,29,31,33)/t18-,19+/m0/s1. The number of rotatable bonds is 5. The number of carbonyl (C=O) groups is 2. The number of anilines is 2. The second-order valence-electron chi connectivity index (χ2n) is 8.26. The second kappa shape index (κ2) is 8.90. The van der Waals surface area contributed by atoms with Crippen molar-refractivity contribution in [2.24, 2.45) is 5.92 Å². The number of thiazole rings is 1. The van der Waals surface area contributed by atoms with Gasteiger partial charge in [-0.3, -0.25) is 9.59 Å². The Hall–Kier alpha value is -3.73. The number of nitrogens with zero attached hydrogens (tertiary/aromatic N) is 2. The van der Waals surface area contributed by atoms with Crippen molar-refractivity contribution in [1.82, 2.24) is 4.98 Å². The number of carbonyl (C=O) groups excluding carboxylic acids is 2. The topological polar surface area (TPSA) is 94.9 Å². The molecule has 1 heterocycles.